The molecule has 0 amide bonds. The fourth-order valence-electron chi connectivity index (χ4n) is 2.94. The van der Waals surface area contributed by atoms with Gasteiger partial charge >= 0.3 is 0 Å². The molecule has 1 aromatic carbocycles. The lowest BCUT2D eigenvalue weighted by Gasteiger charge is -2.25. The van der Waals surface area contributed by atoms with Gasteiger partial charge in [-0.05, 0) is 45.1 Å². The van der Waals surface area contributed by atoms with E-state index < -0.39 is 0 Å². The minimum Gasteiger partial charge on any atom is -0.307 e. The van der Waals surface area contributed by atoms with Gasteiger partial charge in [-0.2, -0.15) is 0 Å². The molecule has 1 nitrogen and oxygen atoms in total. The number of hydrogen-bond acceptors (Lipinski definition) is 1. The standard InChI is InChI=1S/C16H25N/c1-12-8-10-16(11-9-12)14(3)17-13(2)15-6-4-5-7-15/h8-11,13-15,17H,4-7H2,1-3H3/t13-,14?/m1/s1. The van der Waals surface area contributed by atoms with Gasteiger partial charge in [-0.3, -0.25) is 0 Å². The van der Waals surface area contributed by atoms with Crippen molar-refractivity contribution in [3.63, 3.8) is 0 Å². The monoisotopic (exact) mass is 231 g/mol. The van der Waals surface area contributed by atoms with Gasteiger partial charge in [-0.25, -0.2) is 0 Å². The Morgan fingerprint density at radius 1 is 1.06 bits per heavy atom. The lowest BCUT2D eigenvalue weighted by molar-refractivity contribution is 0.352. The van der Waals surface area contributed by atoms with Crippen molar-refractivity contribution in [2.75, 3.05) is 0 Å². The van der Waals surface area contributed by atoms with Gasteiger partial charge in [-0.1, -0.05) is 42.7 Å². The van der Waals surface area contributed by atoms with Crippen LogP contribution < -0.4 is 5.32 Å². The third kappa shape index (κ3) is 3.32. The zero-order valence-corrected chi connectivity index (χ0v) is 11.4. The molecule has 0 spiro atoms. The Labute approximate surface area is 106 Å². The van der Waals surface area contributed by atoms with Crippen LogP contribution in [-0.2, 0) is 0 Å². The van der Waals surface area contributed by atoms with Crippen LogP contribution >= 0.6 is 0 Å². The zero-order valence-electron chi connectivity index (χ0n) is 11.4. The molecule has 2 atom stereocenters. The number of benzene rings is 1. The smallest absolute Gasteiger partial charge is 0.0294 e. The Morgan fingerprint density at radius 2 is 1.65 bits per heavy atom. The molecule has 1 N–H and O–H groups in total. The van der Waals surface area contributed by atoms with Crippen LogP contribution in [-0.4, -0.2) is 6.04 Å². The molecular formula is C16H25N. The first-order valence-corrected chi connectivity index (χ1v) is 6.99. The van der Waals surface area contributed by atoms with Crippen LogP contribution in [0.1, 0.15) is 56.7 Å². The van der Waals surface area contributed by atoms with Crippen molar-refractivity contribution in [3.05, 3.63) is 35.4 Å². The molecule has 0 saturated heterocycles. The molecule has 1 aliphatic carbocycles. The van der Waals surface area contributed by atoms with E-state index >= 15 is 0 Å². The summed E-state index contributed by atoms with van der Waals surface area (Å²) in [5.74, 6) is 0.892. The van der Waals surface area contributed by atoms with E-state index in [1.807, 2.05) is 0 Å². The highest BCUT2D eigenvalue weighted by Gasteiger charge is 2.22. The summed E-state index contributed by atoms with van der Waals surface area (Å²) >= 11 is 0. The topological polar surface area (TPSA) is 12.0 Å². The summed E-state index contributed by atoms with van der Waals surface area (Å²) in [6, 6.07) is 10.0. The van der Waals surface area contributed by atoms with E-state index in [0.717, 1.165) is 5.92 Å². The molecule has 1 unspecified atom stereocenters. The van der Waals surface area contributed by atoms with E-state index in [0.29, 0.717) is 12.1 Å². The minimum absolute atomic E-state index is 0.464. The highest BCUT2D eigenvalue weighted by Crippen LogP contribution is 2.28. The quantitative estimate of drug-likeness (QED) is 0.818. The van der Waals surface area contributed by atoms with Crippen molar-refractivity contribution >= 4 is 0 Å². The summed E-state index contributed by atoms with van der Waals surface area (Å²) in [6.07, 6.45) is 5.68. The predicted molar refractivity (Wildman–Crippen MR) is 74.1 cm³/mol. The lowest BCUT2D eigenvalue weighted by atomic mass is 9.97. The number of hydrogen-bond donors (Lipinski definition) is 1. The number of nitrogens with one attached hydrogen (secondary N) is 1. The molecule has 0 aromatic heterocycles. The molecule has 17 heavy (non-hydrogen) atoms. The molecule has 1 aromatic rings. The van der Waals surface area contributed by atoms with Crippen LogP contribution in [0.2, 0.25) is 0 Å². The van der Waals surface area contributed by atoms with Crippen molar-refractivity contribution in [1.82, 2.24) is 5.32 Å². The predicted octanol–water partition coefficient (Wildman–Crippen LogP) is 4.22. The molecule has 1 saturated carbocycles. The van der Waals surface area contributed by atoms with Gasteiger partial charge in [0, 0.05) is 12.1 Å². The van der Waals surface area contributed by atoms with Crippen LogP contribution in [0.15, 0.2) is 24.3 Å². The van der Waals surface area contributed by atoms with Crippen LogP contribution in [0.5, 0.6) is 0 Å². The molecule has 0 bridgehead atoms. The summed E-state index contributed by atoms with van der Waals surface area (Å²) in [5, 5.41) is 3.76. The van der Waals surface area contributed by atoms with Crippen molar-refractivity contribution in [1.29, 1.82) is 0 Å². The van der Waals surface area contributed by atoms with Gasteiger partial charge in [0.2, 0.25) is 0 Å². The largest absolute Gasteiger partial charge is 0.307 e. The van der Waals surface area contributed by atoms with E-state index in [1.54, 1.807) is 0 Å². The maximum absolute atomic E-state index is 3.76. The molecule has 0 aliphatic heterocycles. The lowest BCUT2D eigenvalue weighted by Crippen LogP contribution is -2.34. The van der Waals surface area contributed by atoms with Crippen LogP contribution in [0.4, 0.5) is 0 Å². The van der Waals surface area contributed by atoms with Crippen molar-refractivity contribution in [3.8, 4) is 0 Å². The van der Waals surface area contributed by atoms with Crippen LogP contribution in [0, 0.1) is 12.8 Å². The molecule has 0 heterocycles. The third-order valence-electron chi connectivity index (χ3n) is 4.20. The van der Waals surface area contributed by atoms with Gasteiger partial charge in [0.1, 0.15) is 0 Å². The second kappa shape index (κ2) is 5.68. The van der Waals surface area contributed by atoms with E-state index in [1.165, 1.54) is 36.8 Å². The molecule has 1 fully saturated rings. The van der Waals surface area contributed by atoms with Gasteiger partial charge in [0.05, 0.1) is 0 Å². The van der Waals surface area contributed by atoms with Crippen molar-refractivity contribution in [2.45, 2.75) is 58.5 Å². The van der Waals surface area contributed by atoms with Gasteiger partial charge in [-0.15, -0.1) is 0 Å². The third-order valence-corrected chi connectivity index (χ3v) is 4.20. The first kappa shape index (κ1) is 12.6. The van der Waals surface area contributed by atoms with E-state index in [4.69, 9.17) is 0 Å². The van der Waals surface area contributed by atoms with Crippen LogP contribution in [0.25, 0.3) is 0 Å². The van der Waals surface area contributed by atoms with E-state index in [-0.39, 0.29) is 0 Å². The van der Waals surface area contributed by atoms with Crippen molar-refractivity contribution in [2.24, 2.45) is 5.92 Å². The Kier molecular flexibility index (Phi) is 4.22. The average molecular weight is 231 g/mol. The molecule has 94 valence electrons. The van der Waals surface area contributed by atoms with Crippen LogP contribution in [0.3, 0.4) is 0 Å². The Bertz CT molecular complexity index is 335. The maximum atomic E-state index is 3.76. The van der Waals surface area contributed by atoms with Gasteiger partial charge in [0.25, 0.3) is 0 Å². The zero-order chi connectivity index (χ0) is 12.3. The number of aryl methyl sites for hydroxylation is 1. The highest BCUT2D eigenvalue weighted by atomic mass is 14.9. The van der Waals surface area contributed by atoms with Gasteiger partial charge < -0.3 is 5.32 Å². The van der Waals surface area contributed by atoms with E-state index in [2.05, 4.69) is 50.4 Å². The second-order valence-electron chi connectivity index (χ2n) is 5.63. The van der Waals surface area contributed by atoms with E-state index in [9.17, 15) is 0 Å². The Morgan fingerprint density at radius 3 is 2.24 bits per heavy atom. The summed E-state index contributed by atoms with van der Waals surface area (Å²) in [6.45, 7) is 6.76. The summed E-state index contributed by atoms with van der Waals surface area (Å²) in [7, 11) is 0. The Hall–Kier alpha value is -0.820. The first-order chi connectivity index (χ1) is 8.16. The summed E-state index contributed by atoms with van der Waals surface area (Å²) in [5.41, 5.74) is 2.74. The molecule has 0 radical (unpaired) electrons. The molecular weight excluding hydrogens is 206 g/mol. The second-order valence-corrected chi connectivity index (χ2v) is 5.63. The fourth-order valence-corrected chi connectivity index (χ4v) is 2.94. The number of rotatable bonds is 4. The van der Waals surface area contributed by atoms with Gasteiger partial charge in [0.15, 0.2) is 0 Å². The fraction of sp³-hybridized carbons (Fsp3) is 0.625. The normalized spacial score (nSPS) is 20.4. The average Bonchev–Trinajstić information content (AvgIpc) is 2.83. The summed E-state index contributed by atoms with van der Waals surface area (Å²) < 4.78 is 0. The molecule has 1 aliphatic rings. The SMILES string of the molecule is Cc1ccc(C(C)N[C@H](C)C2CCCC2)cc1. The summed E-state index contributed by atoms with van der Waals surface area (Å²) in [4.78, 5) is 0. The molecule has 1 heteroatoms. The Balaban J connectivity index is 1.91. The highest BCUT2D eigenvalue weighted by molar-refractivity contribution is 5.23. The van der Waals surface area contributed by atoms with Crippen molar-refractivity contribution < 1.29 is 0 Å². The maximum Gasteiger partial charge on any atom is 0.0294 e. The first-order valence-electron chi connectivity index (χ1n) is 6.99. The minimum atomic E-state index is 0.464. The molecule has 2 rings (SSSR count).